The molecule has 4 atom stereocenters. The molecule has 0 aromatic rings. The van der Waals surface area contributed by atoms with Crippen LogP contribution in [-0.4, -0.2) is 12.3 Å². The molecule has 0 radical (unpaired) electrons. The van der Waals surface area contributed by atoms with Crippen molar-refractivity contribution in [3.05, 3.63) is 0 Å². The number of rotatable bonds is 0. The van der Waals surface area contributed by atoms with Crippen LogP contribution in [-0.2, 0) is 0 Å². The van der Waals surface area contributed by atoms with Gasteiger partial charge in [0.1, 0.15) is 12.3 Å². The van der Waals surface area contributed by atoms with Gasteiger partial charge in [-0.2, -0.15) is 0 Å². The zero-order valence-electron chi connectivity index (χ0n) is 6.48. The molecule has 1 fully saturated rings. The molecule has 1 aliphatic rings. The Morgan fingerprint density at radius 2 is 1.40 bits per heavy atom. The van der Waals surface area contributed by atoms with Gasteiger partial charge in [-0.3, -0.25) is 0 Å². The van der Waals surface area contributed by atoms with Crippen LogP contribution < -0.4 is 0 Å². The minimum Gasteiger partial charge on any atom is -0.247 e. The Kier molecular flexibility index (Phi) is 2.27. The molecule has 2 unspecified atom stereocenters. The standard InChI is InChI=1S/C8H14F2/c1-5-3-7(9)6(2)8(10)4-5/h5-8H,3-4H2,1-2H3/t5?,6-,7-,8?/m0/s1. The van der Waals surface area contributed by atoms with E-state index in [2.05, 4.69) is 0 Å². The monoisotopic (exact) mass is 148 g/mol. The molecule has 0 N–H and O–H groups in total. The molecule has 0 heterocycles. The van der Waals surface area contributed by atoms with E-state index < -0.39 is 12.3 Å². The van der Waals surface area contributed by atoms with Crippen molar-refractivity contribution >= 4 is 0 Å². The first-order chi connectivity index (χ1) is 4.61. The Balaban J connectivity index is 2.49. The highest BCUT2D eigenvalue weighted by Crippen LogP contribution is 2.32. The molecule has 0 amide bonds. The fourth-order valence-electron chi connectivity index (χ4n) is 1.52. The summed E-state index contributed by atoms with van der Waals surface area (Å²) in [7, 11) is 0. The molecule has 10 heavy (non-hydrogen) atoms. The first kappa shape index (κ1) is 7.96. The summed E-state index contributed by atoms with van der Waals surface area (Å²) in [6.45, 7) is 3.56. The SMILES string of the molecule is CC1CC(F)[C@@H](C)[C@@H](F)C1. The van der Waals surface area contributed by atoms with Gasteiger partial charge in [-0.1, -0.05) is 13.8 Å². The van der Waals surface area contributed by atoms with Crippen LogP contribution >= 0.6 is 0 Å². The topological polar surface area (TPSA) is 0 Å². The zero-order valence-corrected chi connectivity index (χ0v) is 6.48. The molecule has 0 aliphatic heterocycles. The van der Waals surface area contributed by atoms with Crippen molar-refractivity contribution < 1.29 is 8.78 Å². The van der Waals surface area contributed by atoms with Crippen LogP contribution in [0.3, 0.4) is 0 Å². The van der Waals surface area contributed by atoms with E-state index >= 15 is 0 Å². The molecule has 0 aromatic carbocycles. The lowest BCUT2D eigenvalue weighted by Gasteiger charge is -2.30. The minimum atomic E-state index is -0.918. The fraction of sp³-hybridized carbons (Fsp3) is 1.00. The number of hydrogen-bond donors (Lipinski definition) is 0. The highest BCUT2D eigenvalue weighted by atomic mass is 19.1. The van der Waals surface area contributed by atoms with E-state index in [4.69, 9.17) is 0 Å². The average molecular weight is 148 g/mol. The zero-order chi connectivity index (χ0) is 7.72. The van der Waals surface area contributed by atoms with Crippen molar-refractivity contribution in [1.29, 1.82) is 0 Å². The van der Waals surface area contributed by atoms with E-state index in [0.29, 0.717) is 12.8 Å². The molecular weight excluding hydrogens is 134 g/mol. The van der Waals surface area contributed by atoms with Crippen molar-refractivity contribution in [2.24, 2.45) is 11.8 Å². The number of hydrogen-bond acceptors (Lipinski definition) is 0. The Hall–Kier alpha value is -0.140. The third-order valence-corrected chi connectivity index (χ3v) is 2.40. The van der Waals surface area contributed by atoms with Gasteiger partial charge in [0.15, 0.2) is 0 Å². The number of alkyl halides is 2. The number of halogens is 2. The maximum Gasteiger partial charge on any atom is 0.106 e. The Morgan fingerprint density at radius 3 is 1.80 bits per heavy atom. The predicted octanol–water partition coefficient (Wildman–Crippen LogP) is 2.73. The van der Waals surface area contributed by atoms with Crippen molar-refractivity contribution in [2.75, 3.05) is 0 Å². The lowest BCUT2D eigenvalue weighted by Crippen LogP contribution is -2.32. The molecule has 2 heteroatoms. The summed E-state index contributed by atoms with van der Waals surface area (Å²) in [5, 5.41) is 0. The van der Waals surface area contributed by atoms with Crippen molar-refractivity contribution in [3.63, 3.8) is 0 Å². The fourth-order valence-corrected chi connectivity index (χ4v) is 1.52. The first-order valence-electron chi connectivity index (χ1n) is 3.89. The van der Waals surface area contributed by atoms with E-state index in [9.17, 15) is 8.78 Å². The first-order valence-corrected chi connectivity index (χ1v) is 3.89. The van der Waals surface area contributed by atoms with Crippen LogP contribution in [0.1, 0.15) is 26.7 Å². The van der Waals surface area contributed by atoms with Gasteiger partial charge in [-0.15, -0.1) is 0 Å². The van der Waals surface area contributed by atoms with Crippen LogP contribution in [0.2, 0.25) is 0 Å². The van der Waals surface area contributed by atoms with Crippen molar-refractivity contribution in [3.8, 4) is 0 Å². The summed E-state index contributed by atoms with van der Waals surface area (Å²) in [6, 6.07) is 0. The van der Waals surface area contributed by atoms with Gasteiger partial charge in [0.2, 0.25) is 0 Å². The van der Waals surface area contributed by atoms with Gasteiger partial charge < -0.3 is 0 Å². The summed E-state index contributed by atoms with van der Waals surface area (Å²) in [5.74, 6) is -0.155. The smallest absolute Gasteiger partial charge is 0.106 e. The van der Waals surface area contributed by atoms with Crippen LogP contribution in [0.15, 0.2) is 0 Å². The largest absolute Gasteiger partial charge is 0.247 e. The van der Waals surface area contributed by atoms with Gasteiger partial charge in [0.05, 0.1) is 0 Å². The normalized spacial score (nSPS) is 49.2. The van der Waals surface area contributed by atoms with Gasteiger partial charge >= 0.3 is 0 Å². The summed E-state index contributed by atoms with van der Waals surface area (Å²) in [4.78, 5) is 0. The minimum absolute atomic E-state index is 0.223. The van der Waals surface area contributed by atoms with Gasteiger partial charge in [-0.05, 0) is 18.8 Å². The molecule has 60 valence electrons. The summed E-state index contributed by atoms with van der Waals surface area (Å²) < 4.78 is 25.7. The van der Waals surface area contributed by atoms with Gasteiger partial charge in [0.25, 0.3) is 0 Å². The second kappa shape index (κ2) is 2.85. The van der Waals surface area contributed by atoms with Crippen LogP contribution in [0.25, 0.3) is 0 Å². The highest BCUT2D eigenvalue weighted by Gasteiger charge is 2.33. The Morgan fingerprint density at radius 1 is 1.00 bits per heavy atom. The molecule has 0 bridgehead atoms. The van der Waals surface area contributed by atoms with E-state index in [1.165, 1.54) is 0 Å². The quantitative estimate of drug-likeness (QED) is 0.495. The maximum atomic E-state index is 12.8. The Labute approximate surface area is 60.6 Å². The van der Waals surface area contributed by atoms with Gasteiger partial charge in [-0.25, -0.2) is 8.78 Å². The highest BCUT2D eigenvalue weighted by molar-refractivity contribution is 4.82. The maximum absolute atomic E-state index is 12.8. The van der Waals surface area contributed by atoms with Gasteiger partial charge in [0, 0.05) is 5.92 Å². The van der Waals surface area contributed by atoms with E-state index in [1.54, 1.807) is 6.92 Å². The molecular formula is C8H14F2. The summed E-state index contributed by atoms with van der Waals surface area (Å²) in [6.07, 6.45) is -0.749. The van der Waals surface area contributed by atoms with E-state index in [-0.39, 0.29) is 11.8 Å². The van der Waals surface area contributed by atoms with Crippen molar-refractivity contribution in [2.45, 2.75) is 39.0 Å². The summed E-state index contributed by atoms with van der Waals surface area (Å²) in [5.41, 5.74) is 0. The lowest BCUT2D eigenvalue weighted by atomic mass is 9.81. The molecule has 0 saturated heterocycles. The molecule has 1 saturated carbocycles. The average Bonchev–Trinajstić information content (AvgIpc) is 1.82. The third kappa shape index (κ3) is 1.47. The predicted molar refractivity (Wildman–Crippen MR) is 37.4 cm³/mol. The lowest BCUT2D eigenvalue weighted by molar-refractivity contribution is 0.0603. The molecule has 0 spiro atoms. The van der Waals surface area contributed by atoms with Crippen LogP contribution in [0.4, 0.5) is 8.78 Å². The van der Waals surface area contributed by atoms with E-state index in [0.717, 1.165) is 0 Å². The molecule has 0 nitrogen and oxygen atoms in total. The second-order valence-electron chi connectivity index (χ2n) is 3.47. The summed E-state index contributed by atoms with van der Waals surface area (Å²) >= 11 is 0. The third-order valence-electron chi connectivity index (χ3n) is 2.40. The van der Waals surface area contributed by atoms with E-state index in [1.807, 2.05) is 6.92 Å². The Bertz CT molecular complexity index is 102. The van der Waals surface area contributed by atoms with Crippen LogP contribution in [0.5, 0.6) is 0 Å². The molecule has 1 aliphatic carbocycles. The molecule has 0 aromatic heterocycles. The van der Waals surface area contributed by atoms with Crippen molar-refractivity contribution in [1.82, 2.24) is 0 Å². The second-order valence-corrected chi connectivity index (χ2v) is 3.47. The van der Waals surface area contributed by atoms with Crippen LogP contribution in [0, 0.1) is 11.8 Å². The molecule has 1 rings (SSSR count).